The molecule has 0 fully saturated rings. The minimum Gasteiger partial charge on any atom is -0.478 e. The number of benzene rings is 2. The predicted molar refractivity (Wildman–Crippen MR) is 112 cm³/mol. The van der Waals surface area contributed by atoms with Crippen molar-refractivity contribution in [3.63, 3.8) is 0 Å². The van der Waals surface area contributed by atoms with Crippen LogP contribution in [0.4, 0.5) is 0 Å². The van der Waals surface area contributed by atoms with Crippen LogP contribution in [0, 0.1) is 5.92 Å². The number of hydrogen-bond acceptors (Lipinski definition) is 2. The molecule has 0 amide bonds. The lowest BCUT2D eigenvalue weighted by molar-refractivity contribution is 0.0697. The van der Waals surface area contributed by atoms with E-state index in [0.717, 1.165) is 22.5 Å². The van der Waals surface area contributed by atoms with Crippen molar-refractivity contribution in [1.29, 1.82) is 0 Å². The molecular weight excluding hydrogens is 348 g/mol. The molecule has 0 saturated heterocycles. The van der Waals surface area contributed by atoms with Gasteiger partial charge in [0.1, 0.15) is 0 Å². The number of rotatable bonds is 3. The van der Waals surface area contributed by atoms with E-state index < -0.39 is 5.97 Å². The largest absolute Gasteiger partial charge is 0.478 e. The third kappa shape index (κ3) is 2.67. The van der Waals surface area contributed by atoms with Crippen LogP contribution < -0.4 is 0 Å². The van der Waals surface area contributed by atoms with Gasteiger partial charge >= 0.3 is 5.97 Å². The van der Waals surface area contributed by atoms with Crippen LogP contribution in [0.3, 0.4) is 0 Å². The van der Waals surface area contributed by atoms with Crippen molar-refractivity contribution in [2.45, 2.75) is 45.4 Å². The topological polar surface area (TPSA) is 66.0 Å². The van der Waals surface area contributed by atoms with Crippen LogP contribution in [0.5, 0.6) is 0 Å². The van der Waals surface area contributed by atoms with Crippen LogP contribution in [-0.2, 0) is 10.8 Å². The van der Waals surface area contributed by atoms with Crippen molar-refractivity contribution in [2.75, 3.05) is 0 Å². The number of aromatic amines is 1. The van der Waals surface area contributed by atoms with Crippen molar-refractivity contribution in [3.8, 4) is 22.5 Å². The van der Waals surface area contributed by atoms with Crippen LogP contribution in [0.25, 0.3) is 22.5 Å². The molecule has 1 aliphatic carbocycles. The van der Waals surface area contributed by atoms with Gasteiger partial charge in [0.05, 0.1) is 17.0 Å². The summed E-state index contributed by atoms with van der Waals surface area (Å²) in [5, 5.41) is 16.6. The molecule has 0 saturated carbocycles. The minimum absolute atomic E-state index is 0.112. The van der Waals surface area contributed by atoms with E-state index in [2.05, 4.69) is 63.0 Å². The average molecular weight is 374 g/mol. The normalized spacial score (nSPS) is 19.4. The summed E-state index contributed by atoms with van der Waals surface area (Å²) >= 11 is 0. The summed E-state index contributed by atoms with van der Waals surface area (Å²) in [6.45, 7) is 11.7. The molecule has 3 aromatic rings. The molecule has 0 bridgehead atoms. The van der Waals surface area contributed by atoms with Crippen molar-refractivity contribution in [2.24, 2.45) is 5.92 Å². The number of carbonyl (C=O) groups is 1. The van der Waals surface area contributed by atoms with Crippen LogP contribution in [0.15, 0.2) is 48.5 Å². The van der Waals surface area contributed by atoms with Gasteiger partial charge in [-0.3, -0.25) is 5.10 Å². The maximum atomic E-state index is 11.0. The summed E-state index contributed by atoms with van der Waals surface area (Å²) in [6, 6.07) is 15.5. The molecule has 144 valence electrons. The highest BCUT2D eigenvalue weighted by molar-refractivity contribution is 5.88. The lowest BCUT2D eigenvalue weighted by atomic mass is 9.71. The Hall–Kier alpha value is -2.88. The number of aromatic carboxylic acids is 1. The van der Waals surface area contributed by atoms with Crippen LogP contribution in [-0.4, -0.2) is 21.3 Å². The number of carboxylic acid groups (broad SMARTS) is 1. The maximum absolute atomic E-state index is 11.0. The molecule has 4 nitrogen and oxygen atoms in total. The number of carboxylic acids is 1. The molecule has 28 heavy (non-hydrogen) atoms. The van der Waals surface area contributed by atoms with Gasteiger partial charge in [-0.25, -0.2) is 4.79 Å². The number of H-pyrrole nitrogens is 1. The molecule has 4 rings (SSSR count). The number of nitrogens with one attached hydrogen (secondary N) is 1. The maximum Gasteiger partial charge on any atom is 0.335 e. The smallest absolute Gasteiger partial charge is 0.335 e. The Morgan fingerprint density at radius 2 is 1.54 bits per heavy atom. The Kier molecular flexibility index (Phi) is 4.00. The standard InChI is InChI=1S/C24H26N2O2/c1-14-23(2,3)18-11-10-17(12-19(18)24(14,4)5)21-13-20(25-26-21)15-6-8-16(9-7-15)22(27)28/h6-14H,1-5H3,(H,25,26)(H,27,28). The van der Waals surface area contributed by atoms with Gasteiger partial charge in [-0.1, -0.05) is 58.9 Å². The van der Waals surface area contributed by atoms with Crippen molar-refractivity contribution in [3.05, 3.63) is 65.2 Å². The summed E-state index contributed by atoms with van der Waals surface area (Å²) in [6.07, 6.45) is 0. The quantitative estimate of drug-likeness (QED) is 0.623. The fourth-order valence-corrected chi connectivity index (χ4v) is 4.58. The highest BCUT2D eigenvalue weighted by Crippen LogP contribution is 2.54. The minimum atomic E-state index is -0.922. The SMILES string of the molecule is CC1C(C)(C)c2ccc(-c3cc(-c4ccc(C(=O)O)cc4)[nH]n3)cc2C1(C)C. The number of hydrogen-bond donors (Lipinski definition) is 2. The first-order chi connectivity index (χ1) is 13.1. The van der Waals surface area contributed by atoms with Crippen LogP contribution in [0.2, 0.25) is 0 Å². The molecular formula is C24H26N2O2. The van der Waals surface area contributed by atoms with Gasteiger partial charge < -0.3 is 5.11 Å². The summed E-state index contributed by atoms with van der Waals surface area (Å²) in [7, 11) is 0. The van der Waals surface area contributed by atoms with E-state index in [1.54, 1.807) is 24.3 Å². The Bertz CT molecular complexity index is 1060. The van der Waals surface area contributed by atoms with Gasteiger partial charge in [0.2, 0.25) is 0 Å². The van der Waals surface area contributed by atoms with E-state index in [1.165, 1.54) is 11.1 Å². The zero-order valence-electron chi connectivity index (χ0n) is 17.0. The van der Waals surface area contributed by atoms with Crippen molar-refractivity contribution in [1.82, 2.24) is 10.2 Å². The summed E-state index contributed by atoms with van der Waals surface area (Å²) < 4.78 is 0. The third-order valence-electron chi connectivity index (χ3n) is 6.89. The lowest BCUT2D eigenvalue weighted by Gasteiger charge is -2.32. The van der Waals surface area contributed by atoms with E-state index in [-0.39, 0.29) is 16.4 Å². The number of aromatic nitrogens is 2. The second-order valence-electron chi connectivity index (χ2n) is 8.97. The van der Waals surface area contributed by atoms with E-state index in [1.807, 2.05) is 6.07 Å². The van der Waals surface area contributed by atoms with E-state index >= 15 is 0 Å². The van der Waals surface area contributed by atoms with Gasteiger partial charge in [0.25, 0.3) is 0 Å². The monoisotopic (exact) mass is 374 g/mol. The third-order valence-corrected chi connectivity index (χ3v) is 6.89. The molecule has 2 N–H and O–H groups in total. The van der Waals surface area contributed by atoms with Gasteiger partial charge in [0.15, 0.2) is 0 Å². The second kappa shape index (κ2) is 6.06. The first-order valence-electron chi connectivity index (χ1n) is 9.67. The van der Waals surface area contributed by atoms with E-state index in [9.17, 15) is 4.79 Å². The average Bonchev–Trinajstić information content (AvgIpc) is 3.21. The molecule has 0 spiro atoms. The molecule has 4 heteroatoms. The Balaban J connectivity index is 1.71. The number of nitrogens with zero attached hydrogens (tertiary/aromatic N) is 1. The first-order valence-corrected chi connectivity index (χ1v) is 9.67. The van der Waals surface area contributed by atoms with Crippen molar-refractivity contribution >= 4 is 5.97 Å². The first kappa shape index (κ1) is 18.5. The Labute approximate surface area is 165 Å². The van der Waals surface area contributed by atoms with Crippen LogP contribution >= 0.6 is 0 Å². The molecule has 2 aromatic carbocycles. The molecule has 1 unspecified atom stereocenters. The Morgan fingerprint density at radius 3 is 2.18 bits per heavy atom. The molecule has 1 aromatic heterocycles. The zero-order valence-corrected chi connectivity index (χ0v) is 17.0. The fourth-order valence-electron chi connectivity index (χ4n) is 4.58. The van der Waals surface area contributed by atoms with E-state index in [0.29, 0.717) is 5.92 Å². The van der Waals surface area contributed by atoms with Gasteiger partial charge in [-0.15, -0.1) is 0 Å². The lowest BCUT2D eigenvalue weighted by Crippen LogP contribution is -2.30. The van der Waals surface area contributed by atoms with Gasteiger partial charge in [-0.2, -0.15) is 5.10 Å². The molecule has 1 aliphatic rings. The van der Waals surface area contributed by atoms with Crippen molar-refractivity contribution < 1.29 is 9.90 Å². The molecule has 1 heterocycles. The summed E-state index contributed by atoms with van der Waals surface area (Å²) in [4.78, 5) is 11.0. The second-order valence-corrected chi connectivity index (χ2v) is 8.97. The highest BCUT2D eigenvalue weighted by Gasteiger charge is 2.48. The van der Waals surface area contributed by atoms with Gasteiger partial charge in [0, 0.05) is 5.56 Å². The summed E-state index contributed by atoms with van der Waals surface area (Å²) in [5.74, 6) is -0.373. The summed E-state index contributed by atoms with van der Waals surface area (Å²) in [5.41, 5.74) is 7.16. The van der Waals surface area contributed by atoms with Gasteiger partial charge in [-0.05, 0) is 57.7 Å². The van der Waals surface area contributed by atoms with E-state index in [4.69, 9.17) is 5.11 Å². The van der Waals surface area contributed by atoms with Crippen LogP contribution in [0.1, 0.15) is 56.1 Å². The predicted octanol–water partition coefficient (Wildman–Crippen LogP) is 5.65. The fraction of sp³-hybridized carbons (Fsp3) is 0.333. The molecule has 1 atom stereocenters. The molecule has 0 radical (unpaired) electrons. The highest BCUT2D eigenvalue weighted by atomic mass is 16.4. The molecule has 0 aliphatic heterocycles. The zero-order chi connectivity index (χ0) is 20.3. The Morgan fingerprint density at radius 1 is 0.929 bits per heavy atom. The number of fused-ring (bicyclic) bond motifs is 1.